The SMILES string of the molecule is Cn1nc(Br)c2cc(-c3cn[nH]c3N)ccc21. The van der Waals surface area contributed by atoms with Gasteiger partial charge in [-0.15, -0.1) is 0 Å². The third-order valence-corrected chi connectivity index (χ3v) is 3.37. The molecular weight excluding hydrogens is 282 g/mol. The predicted octanol–water partition coefficient (Wildman–Crippen LogP) is 2.31. The summed E-state index contributed by atoms with van der Waals surface area (Å²) in [7, 11) is 1.92. The van der Waals surface area contributed by atoms with Crippen molar-refractivity contribution < 1.29 is 0 Å². The van der Waals surface area contributed by atoms with Crippen molar-refractivity contribution in [1.29, 1.82) is 0 Å². The number of rotatable bonds is 1. The average Bonchev–Trinajstić information content (AvgIpc) is 2.84. The lowest BCUT2D eigenvalue weighted by atomic mass is 10.1. The van der Waals surface area contributed by atoms with Crippen molar-refractivity contribution in [2.24, 2.45) is 7.05 Å². The van der Waals surface area contributed by atoms with Crippen LogP contribution in [0.15, 0.2) is 29.0 Å². The van der Waals surface area contributed by atoms with Crippen LogP contribution in [-0.4, -0.2) is 20.0 Å². The summed E-state index contributed by atoms with van der Waals surface area (Å²) in [5, 5.41) is 12.0. The average molecular weight is 292 g/mol. The van der Waals surface area contributed by atoms with Gasteiger partial charge in [-0.1, -0.05) is 6.07 Å². The summed E-state index contributed by atoms with van der Waals surface area (Å²) in [5.74, 6) is 0.573. The zero-order chi connectivity index (χ0) is 12.0. The number of hydrogen-bond donors (Lipinski definition) is 2. The first-order valence-corrected chi connectivity index (χ1v) is 5.87. The molecule has 0 saturated carbocycles. The van der Waals surface area contributed by atoms with E-state index in [9.17, 15) is 0 Å². The smallest absolute Gasteiger partial charge is 0.136 e. The topological polar surface area (TPSA) is 72.5 Å². The number of aryl methyl sites for hydroxylation is 1. The molecule has 0 atom stereocenters. The van der Waals surface area contributed by atoms with Gasteiger partial charge in [0.05, 0.1) is 11.7 Å². The van der Waals surface area contributed by atoms with Gasteiger partial charge in [0.25, 0.3) is 0 Å². The molecule has 0 fully saturated rings. The summed E-state index contributed by atoms with van der Waals surface area (Å²) in [5.41, 5.74) is 8.81. The van der Waals surface area contributed by atoms with Crippen molar-refractivity contribution in [2.75, 3.05) is 5.73 Å². The molecular formula is C11H10BrN5. The Morgan fingerprint density at radius 3 is 2.94 bits per heavy atom. The molecule has 0 spiro atoms. The fourth-order valence-corrected chi connectivity index (χ4v) is 2.47. The van der Waals surface area contributed by atoms with Crippen LogP contribution in [0.25, 0.3) is 22.0 Å². The fraction of sp³-hybridized carbons (Fsp3) is 0.0909. The Labute approximate surface area is 106 Å². The number of nitrogens with two attached hydrogens (primary N) is 1. The Morgan fingerprint density at radius 1 is 1.41 bits per heavy atom. The maximum atomic E-state index is 5.81. The fourth-order valence-electron chi connectivity index (χ4n) is 1.92. The third-order valence-electron chi connectivity index (χ3n) is 2.79. The van der Waals surface area contributed by atoms with Crippen LogP contribution in [0, 0.1) is 0 Å². The molecule has 0 bridgehead atoms. The van der Waals surface area contributed by atoms with Crippen LogP contribution in [-0.2, 0) is 7.05 Å². The second kappa shape index (κ2) is 3.59. The molecule has 2 heterocycles. The van der Waals surface area contributed by atoms with E-state index in [4.69, 9.17) is 5.73 Å². The van der Waals surface area contributed by atoms with Gasteiger partial charge in [0, 0.05) is 18.0 Å². The number of nitrogens with one attached hydrogen (secondary N) is 1. The molecule has 0 amide bonds. The van der Waals surface area contributed by atoms with Crippen molar-refractivity contribution >= 4 is 32.7 Å². The Morgan fingerprint density at radius 2 is 2.24 bits per heavy atom. The number of H-pyrrole nitrogens is 1. The number of nitrogens with zero attached hydrogens (tertiary/aromatic N) is 3. The van der Waals surface area contributed by atoms with E-state index in [1.165, 1.54) is 0 Å². The summed E-state index contributed by atoms with van der Waals surface area (Å²) in [4.78, 5) is 0. The molecule has 3 rings (SSSR count). The first-order chi connectivity index (χ1) is 8.16. The number of hydrogen-bond acceptors (Lipinski definition) is 3. The minimum atomic E-state index is 0.573. The minimum Gasteiger partial charge on any atom is -0.384 e. The lowest BCUT2D eigenvalue weighted by molar-refractivity contribution is 0.788. The van der Waals surface area contributed by atoms with Crippen molar-refractivity contribution in [3.8, 4) is 11.1 Å². The molecule has 0 aliphatic rings. The minimum absolute atomic E-state index is 0.573. The molecule has 86 valence electrons. The first kappa shape index (κ1) is 10.3. The second-order valence-electron chi connectivity index (χ2n) is 3.84. The summed E-state index contributed by atoms with van der Waals surface area (Å²) in [6.07, 6.45) is 1.72. The molecule has 6 heteroatoms. The van der Waals surface area contributed by atoms with Crippen molar-refractivity contribution in [1.82, 2.24) is 20.0 Å². The van der Waals surface area contributed by atoms with Gasteiger partial charge in [-0.3, -0.25) is 9.78 Å². The van der Waals surface area contributed by atoms with Crippen LogP contribution in [0.1, 0.15) is 0 Å². The number of fused-ring (bicyclic) bond motifs is 1. The normalized spacial score (nSPS) is 11.2. The molecule has 17 heavy (non-hydrogen) atoms. The molecule has 0 saturated heterocycles. The number of anilines is 1. The van der Waals surface area contributed by atoms with E-state index in [2.05, 4.69) is 31.2 Å². The lowest BCUT2D eigenvalue weighted by Gasteiger charge is -2.00. The highest BCUT2D eigenvalue weighted by molar-refractivity contribution is 9.10. The monoisotopic (exact) mass is 291 g/mol. The molecule has 5 nitrogen and oxygen atoms in total. The van der Waals surface area contributed by atoms with Crippen LogP contribution in [0.3, 0.4) is 0 Å². The Bertz CT molecular complexity index is 697. The van der Waals surface area contributed by atoms with Gasteiger partial charge in [0.1, 0.15) is 10.4 Å². The van der Waals surface area contributed by atoms with Gasteiger partial charge in [-0.2, -0.15) is 10.2 Å². The maximum absolute atomic E-state index is 5.81. The summed E-state index contributed by atoms with van der Waals surface area (Å²) in [6.45, 7) is 0. The van der Waals surface area contributed by atoms with E-state index < -0.39 is 0 Å². The zero-order valence-corrected chi connectivity index (χ0v) is 10.7. The summed E-state index contributed by atoms with van der Waals surface area (Å²) < 4.78 is 2.67. The molecule has 2 aromatic heterocycles. The van der Waals surface area contributed by atoms with Crippen molar-refractivity contribution in [3.05, 3.63) is 29.0 Å². The Balaban J connectivity index is 2.27. The molecule has 1 aromatic carbocycles. The van der Waals surface area contributed by atoms with Gasteiger partial charge < -0.3 is 5.73 Å². The van der Waals surface area contributed by atoms with E-state index in [0.717, 1.165) is 26.6 Å². The van der Waals surface area contributed by atoms with E-state index in [0.29, 0.717) is 5.82 Å². The maximum Gasteiger partial charge on any atom is 0.136 e. The Hall–Kier alpha value is -1.82. The molecule has 0 aliphatic heterocycles. The number of aromatic nitrogens is 4. The van der Waals surface area contributed by atoms with Crippen LogP contribution in [0.2, 0.25) is 0 Å². The van der Waals surface area contributed by atoms with Crippen LogP contribution < -0.4 is 5.73 Å². The number of nitrogen functional groups attached to an aromatic ring is 1. The van der Waals surface area contributed by atoms with E-state index in [1.807, 2.05) is 29.9 Å². The van der Waals surface area contributed by atoms with Gasteiger partial charge in [0.2, 0.25) is 0 Å². The molecule has 3 aromatic rings. The Kier molecular flexibility index (Phi) is 2.19. The van der Waals surface area contributed by atoms with Gasteiger partial charge in [-0.25, -0.2) is 0 Å². The van der Waals surface area contributed by atoms with E-state index >= 15 is 0 Å². The predicted molar refractivity (Wildman–Crippen MR) is 70.4 cm³/mol. The highest BCUT2D eigenvalue weighted by Gasteiger charge is 2.10. The van der Waals surface area contributed by atoms with Crippen molar-refractivity contribution in [3.63, 3.8) is 0 Å². The summed E-state index contributed by atoms with van der Waals surface area (Å²) in [6, 6.07) is 6.08. The van der Waals surface area contributed by atoms with E-state index in [-0.39, 0.29) is 0 Å². The highest BCUT2D eigenvalue weighted by atomic mass is 79.9. The quantitative estimate of drug-likeness (QED) is 0.723. The summed E-state index contributed by atoms with van der Waals surface area (Å²) >= 11 is 3.45. The second-order valence-corrected chi connectivity index (χ2v) is 4.59. The molecule has 0 radical (unpaired) electrons. The third kappa shape index (κ3) is 1.52. The highest BCUT2D eigenvalue weighted by Crippen LogP contribution is 2.30. The van der Waals surface area contributed by atoms with Gasteiger partial charge >= 0.3 is 0 Å². The largest absolute Gasteiger partial charge is 0.384 e. The van der Waals surface area contributed by atoms with E-state index in [1.54, 1.807) is 6.20 Å². The van der Waals surface area contributed by atoms with Crippen LogP contribution in [0.4, 0.5) is 5.82 Å². The zero-order valence-electron chi connectivity index (χ0n) is 9.11. The number of benzene rings is 1. The number of halogens is 1. The van der Waals surface area contributed by atoms with Crippen molar-refractivity contribution in [2.45, 2.75) is 0 Å². The lowest BCUT2D eigenvalue weighted by Crippen LogP contribution is -1.89. The van der Waals surface area contributed by atoms with Crippen LogP contribution in [0.5, 0.6) is 0 Å². The first-order valence-electron chi connectivity index (χ1n) is 5.08. The molecule has 0 unspecified atom stereocenters. The van der Waals surface area contributed by atoms with Crippen LogP contribution >= 0.6 is 15.9 Å². The molecule has 0 aliphatic carbocycles. The molecule has 3 N–H and O–H groups in total. The standard InChI is InChI=1S/C11H10BrN5/c1-17-9-3-2-6(4-7(9)10(12)16-17)8-5-14-15-11(8)13/h2-5H,1H3,(H3,13,14,15). The van der Waals surface area contributed by atoms with Gasteiger partial charge in [0.15, 0.2) is 0 Å². The van der Waals surface area contributed by atoms with Gasteiger partial charge in [-0.05, 0) is 33.6 Å². The number of aromatic amines is 1.